The van der Waals surface area contributed by atoms with E-state index in [1.807, 2.05) is 6.20 Å². The fourth-order valence-electron chi connectivity index (χ4n) is 4.43. The van der Waals surface area contributed by atoms with E-state index in [4.69, 9.17) is 9.73 Å². The fraction of sp³-hybridized carbons (Fsp3) is 0.600. The summed E-state index contributed by atoms with van der Waals surface area (Å²) in [5, 5.41) is 7.02. The maximum Gasteiger partial charge on any atom is 0.191 e. The molecule has 0 unspecified atom stereocenters. The molecule has 0 amide bonds. The van der Waals surface area contributed by atoms with E-state index in [0.29, 0.717) is 12.0 Å². The number of halogens is 1. The first-order valence-corrected chi connectivity index (χ1v) is 11.9. The average molecular weight is 554 g/mol. The van der Waals surface area contributed by atoms with Crippen LogP contribution in [0.15, 0.2) is 47.7 Å². The fourth-order valence-corrected chi connectivity index (χ4v) is 4.43. The summed E-state index contributed by atoms with van der Waals surface area (Å²) in [6, 6.07) is 10.6. The molecule has 6 nitrogen and oxygen atoms in total. The zero-order chi connectivity index (χ0) is 21.8. The number of hydrogen-bond donors (Lipinski definition) is 2. The Morgan fingerprint density at radius 3 is 2.66 bits per heavy atom. The molecule has 2 aromatic rings. The molecule has 0 atom stereocenters. The predicted molar refractivity (Wildman–Crippen MR) is 143 cm³/mol. The molecule has 32 heavy (non-hydrogen) atoms. The number of aliphatic imine (C=N–C) groups is 1. The van der Waals surface area contributed by atoms with E-state index >= 15 is 0 Å². The minimum Gasteiger partial charge on any atom is -0.382 e. The number of guanidine groups is 1. The number of ether oxygens (including phenoxy) is 1. The molecule has 3 rings (SSSR count). The molecule has 1 saturated carbocycles. The summed E-state index contributed by atoms with van der Waals surface area (Å²) in [4.78, 5) is 9.39. The number of rotatable bonds is 12. The Morgan fingerprint density at radius 2 is 1.94 bits per heavy atom. The van der Waals surface area contributed by atoms with Crippen molar-refractivity contribution in [3.8, 4) is 0 Å². The molecule has 0 spiro atoms. The molecule has 178 valence electrons. The number of aromatic nitrogens is 2. The van der Waals surface area contributed by atoms with Crippen LogP contribution in [0.3, 0.4) is 0 Å². The smallest absolute Gasteiger partial charge is 0.191 e. The lowest BCUT2D eigenvalue weighted by molar-refractivity contribution is 0.105. The number of hydrogen-bond acceptors (Lipinski definition) is 3. The Morgan fingerprint density at radius 1 is 1.16 bits per heavy atom. The van der Waals surface area contributed by atoms with Gasteiger partial charge in [0, 0.05) is 45.2 Å². The van der Waals surface area contributed by atoms with E-state index in [1.165, 1.54) is 31.2 Å². The lowest BCUT2D eigenvalue weighted by Gasteiger charge is -2.30. The normalized spacial score (nSPS) is 15.4. The third-order valence-electron chi connectivity index (χ3n) is 6.28. The molecule has 1 aliphatic rings. The Hall–Kier alpha value is -1.61. The van der Waals surface area contributed by atoms with Crippen LogP contribution in [0, 0.1) is 5.41 Å². The standard InChI is InChI=1S/C25H39N5O.HI/c1-3-26-24(29-21-25(13-8-9-14-25)15-19-31-4-2)28-20-23-27-16-18-30(23)17-12-22-10-6-5-7-11-22;/h5-7,10-11,16,18H,3-4,8-9,12-15,17,19-21H2,1-2H3,(H2,26,28,29);1H. The Balaban J connectivity index is 0.00000363. The summed E-state index contributed by atoms with van der Waals surface area (Å²) in [6.07, 6.45) is 11.2. The Kier molecular flexibility index (Phi) is 12.1. The quantitative estimate of drug-likeness (QED) is 0.172. The van der Waals surface area contributed by atoms with Crippen LogP contribution in [-0.4, -0.2) is 41.8 Å². The van der Waals surface area contributed by atoms with Gasteiger partial charge in [-0.2, -0.15) is 0 Å². The van der Waals surface area contributed by atoms with Crippen molar-refractivity contribution in [1.29, 1.82) is 0 Å². The van der Waals surface area contributed by atoms with Gasteiger partial charge in [-0.1, -0.05) is 43.2 Å². The van der Waals surface area contributed by atoms with Crippen molar-refractivity contribution >= 4 is 29.9 Å². The molecule has 2 N–H and O–H groups in total. The molecule has 0 saturated heterocycles. The van der Waals surface area contributed by atoms with Crippen LogP contribution < -0.4 is 10.6 Å². The van der Waals surface area contributed by atoms with Gasteiger partial charge in [0.15, 0.2) is 5.96 Å². The maximum atomic E-state index is 5.65. The topological polar surface area (TPSA) is 63.5 Å². The highest BCUT2D eigenvalue weighted by atomic mass is 127. The Bertz CT molecular complexity index is 787. The van der Waals surface area contributed by atoms with E-state index in [2.05, 4.69) is 70.6 Å². The SMILES string of the molecule is CCNC(=NCc1nccn1CCc1ccccc1)NCC1(CCOCC)CCCC1.I. The largest absolute Gasteiger partial charge is 0.382 e. The second-order valence-electron chi connectivity index (χ2n) is 8.48. The predicted octanol–water partition coefficient (Wildman–Crippen LogP) is 4.79. The second-order valence-corrected chi connectivity index (χ2v) is 8.48. The van der Waals surface area contributed by atoms with Crippen LogP contribution in [0.2, 0.25) is 0 Å². The van der Waals surface area contributed by atoms with E-state index in [1.54, 1.807) is 0 Å². The van der Waals surface area contributed by atoms with Gasteiger partial charge in [-0.05, 0) is 50.5 Å². The van der Waals surface area contributed by atoms with Crippen molar-refractivity contribution < 1.29 is 4.74 Å². The maximum absolute atomic E-state index is 5.65. The first-order valence-electron chi connectivity index (χ1n) is 11.9. The third kappa shape index (κ3) is 8.39. The van der Waals surface area contributed by atoms with Crippen LogP contribution in [0.25, 0.3) is 0 Å². The van der Waals surface area contributed by atoms with Crippen LogP contribution in [-0.2, 0) is 24.2 Å². The Labute approximate surface area is 210 Å². The van der Waals surface area contributed by atoms with Crippen molar-refractivity contribution in [2.24, 2.45) is 10.4 Å². The first-order chi connectivity index (χ1) is 15.2. The molecular formula is C25H40IN5O. The molecule has 1 aliphatic carbocycles. The summed E-state index contributed by atoms with van der Waals surface area (Å²) in [7, 11) is 0. The highest BCUT2D eigenvalue weighted by Crippen LogP contribution is 2.40. The molecule has 0 aliphatic heterocycles. The van der Waals surface area contributed by atoms with Gasteiger partial charge in [0.1, 0.15) is 12.4 Å². The minimum absolute atomic E-state index is 0. The van der Waals surface area contributed by atoms with Gasteiger partial charge in [0.05, 0.1) is 0 Å². The van der Waals surface area contributed by atoms with Gasteiger partial charge < -0.3 is 19.9 Å². The van der Waals surface area contributed by atoms with Gasteiger partial charge >= 0.3 is 0 Å². The highest BCUT2D eigenvalue weighted by Gasteiger charge is 2.33. The van der Waals surface area contributed by atoms with Crippen LogP contribution in [0.5, 0.6) is 0 Å². The summed E-state index contributed by atoms with van der Waals surface area (Å²) in [6.45, 7) is 9.12. The summed E-state index contributed by atoms with van der Waals surface area (Å²) in [5.41, 5.74) is 1.68. The van der Waals surface area contributed by atoms with E-state index in [-0.39, 0.29) is 24.0 Å². The molecule has 1 heterocycles. The number of nitrogens with zero attached hydrogens (tertiary/aromatic N) is 3. The van der Waals surface area contributed by atoms with Gasteiger partial charge in [-0.15, -0.1) is 24.0 Å². The zero-order valence-corrected chi connectivity index (χ0v) is 22.0. The highest BCUT2D eigenvalue weighted by molar-refractivity contribution is 14.0. The van der Waals surface area contributed by atoms with Crippen molar-refractivity contribution in [3.63, 3.8) is 0 Å². The number of imidazole rings is 1. The van der Waals surface area contributed by atoms with Crippen molar-refractivity contribution in [2.45, 2.75) is 65.5 Å². The lowest BCUT2D eigenvalue weighted by Crippen LogP contribution is -2.43. The first kappa shape index (κ1) is 26.6. The minimum atomic E-state index is 0. The second kappa shape index (κ2) is 14.5. The van der Waals surface area contributed by atoms with E-state index < -0.39 is 0 Å². The van der Waals surface area contributed by atoms with Gasteiger partial charge in [-0.3, -0.25) is 0 Å². The lowest BCUT2D eigenvalue weighted by atomic mass is 9.83. The van der Waals surface area contributed by atoms with Gasteiger partial charge in [0.25, 0.3) is 0 Å². The van der Waals surface area contributed by atoms with Gasteiger partial charge in [-0.25, -0.2) is 9.98 Å². The molecule has 0 radical (unpaired) electrons. The number of aryl methyl sites for hydroxylation is 2. The van der Waals surface area contributed by atoms with Crippen molar-refractivity contribution in [1.82, 2.24) is 20.2 Å². The van der Waals surface area contributed by atoms with Crippen molar-refractivity contribution in [3.05, 3.63) is 54.1 Å². The number of benzene rings is 1. The van der Waals surface area contributed by atoms with E-state index in [0.717, 1.165) is 57.5 Å². The van der Waals surface area contributed by atoms with Crippen LogP contribution in [0.1, 0.15) is 57.3 Å². The van der Waals surface area contributed by atoms with Crippen LogP contribution in [0.4, 0.5) is 0 Å². The molecule has 1 aromatic carbocycles. The van der Waals surface area contributed by atoms with Gasteiger partial charge in [0.2, 0.25) is 0 Å². The van der Waals surface area contributed by atoms with Crippen LogP contribution >= 0.6 is 24.0 Å². The summed E-state index contributed by atoms with van der Waals surface area (Å²) >= 11 is 0. The average Bonchev–Trinajstić information content (AvgIpc) is 3.45. The molecule has 7 heteroatoms. The molecule has 1 aromatic heterocycles. The zero-order valence-electron chi connectivity index (χ0n) is 19.7. The molecule has 0 bridgehead atoms. The monoisotopic (exact) mass is 553 g/mol. The number of nitrogens with one attached hydrogen (secondary N) is 2. The summed E-state index contributed by atoms with van der Waals surface area (Å²) in [5.74, 6) is 1.88. The molecule has 1 fully saturated rings. The van der Waals surface area contributed by atoms with E-state index in [9.17, 15) is 0 Å². The van der Waals surface area contributed by atoms with Crippen molar-refractivity contribution in [2.75, 3.05) is 26.3 Å². The molecular weight excluding hydrogens is 513 g/mol. The summed E-state index contributed by atoms with van der Waals surface area (Å²) < 4.78 is 7.86. The third-order valence-corrected chi connectivity index (χ3v) is 6.28.